The van der Waals surface area contributed by atoms with Gasteiger partial charge in [0.25, 0.3) is 0 Å². The van der Waals surface area contributed by atoms with Gasteiger partial charge in [-0.3, -0.25) is 9.69 Å². The van der Waals surface area contributed by atoms with Gasteiger partial charge in [-0.25, -0.2) is 18.0 Å². The van der Waals surface area contributed by atoms with Crippen LogP contribution in [-0.4, -0.2) is 105 Å². The van der Waals surface area contributed by atoms with Crippen molar-refractivity contribution in [2.24, 2.45) is 11.8 Å². The number of rotatable bonds is 29. The van der Waals surface area contributed by atoms with E-state index in [1.165, 1.54) is 33.5 Å². The number of allylic oxidation sites excluding steroid dienone is 12. The van der Waals surface area contributed by atoms with E-state index in [-0.39, 0.29) is 68.3 Å². The Morgan fingerprint density at radius 3 is 1.97 bits per heavy atom. The molecule has 0 radical (unpaired) electrons. The number of sulfonamides is 1. The van der Waals surface area contributed by atoms with E-state index in [1.807, 2.05) is 56.3 Å². The summed E-state index contributed by atoms with van der Waals surface area (Å²) < 4.78 is 47.7. The van der Waals surface area contributed by atoms with Crippen molar-refractivity contribution in [1.82, 2.24) is 19.8 Å². The molecule has 0 bridgehead atoms. The molecule has 2 aliphatic heterocycles. The maximum absolute atomic E-state index is 14.3. The highest BCUT2D eigenvalue weighted by Gasteiger charge is 2.50. The average Bonchev–Trinajstić information content (AvgIpc) is 3.93. The van der Waals surface area contributed by atoms with Crippen molar-refractivity contribution >= 4 is 33.8 Å². The number of fused-ring (bicyclic) bond motifs is 1. The monoisotopic (exact) mass is 944 g/mol. The van der Waals surface area contributed by atoms with Crippen LogP contribution in [0.25, 0.3) is 0 Å². The lowest BCUT2D eigenvalue weighted by Gasteiger charge is -2.41. The van der Waals surface area contributed by atoms with E-state index in [1.54, 1.807) is 0 Å². The first kappa shape index (κ1) is 54.1. The number of nitrogens with one attached hydrogen (secondary N) is 2. The summed E-state index contributed by atoms with van der Waals surface area (Å²) in [6.07, 6.45) is 28.6. The molecule has 67 heavy (non-hydrogen) atoms. The molecule has 4 rings (SSSR count). The van der Waals surface area contributed by atoms with Crippen molar-refractivity contribution in [3.8, 4) is 0 Å². The van der Waals surface area contributed by atoms with E-state index in [2.05, 4.69) is 78.3 Å². The Bertz CT molecular complexity index is 2090. The minimum atomic E-state index is -4.19. The first-order valence-corrected chi connectivity index (χ1v) is 25.1. The number of nitrogens with two attached hydrogens (primary N) is 1. The molecule has 1 unspecified atom stereocenters. The molecule has 2 aromatic carbocycles. The van der Waals surface area contributed by atoms with Crippen LogP contribution in [0.4, 0.5) is 15.3 Å². The Morgan fingerprint density at radius 2 is 1.39 bits per heavy atom. The normalized spacial score (nSPS) is 18.6. The summed E-state index contributed by atoms with van der Waals surface area (Å²) in [5.41, 5.74) is 7.04. The van der Waals surface area contributed by atoms with Gasteiger partial charge in [0.15, 0.2) is 6.29 Å². The highest BCUT2D eigenvalue weighted by atomic mass is 32.2. The Labute approximate surface area is 398 Å². The standard InChI is InChI=1S/C52H73N5O9S/c1-4-5-6-7-8-9-10-11-12-13-14-15-16-17-18-19-20-21-25-28-49(58)54-34-35-55-51(59)66-48(39-56(38-41(2)3)67(62,63)44-31-29-43(53)30-32-44)46(37-42-26-23-22-24-27-42)57(52(60)61)47-40-65-50-45(47)33-36-64-50/h5-6,8-9,11-12,14-15,17-18,20-24,26-27,29-32,41,45-48,50H,4,7,10,13,16,19,25,28,33-40,53H2,1-3H3,(H,54,58)(H,55,59)(H,60,61)/b6-5-,9-8-,12-11-,15-14-,18-17-,21-20-/t45-,46-,47?,48+,50+/m0/s1. The third-order valence-electron chi connectivity index (χ3n) is 11.2. The van der Waals surface area contributed by atoms with Gasteiger partial charge in [-0.2, -0.15) is 4.31 Å². The fourth-order valence-corrected chi connectivity index (χ4v) is 9.53. The topological polar surface area (TPSA) is 190 Å². The van der Waals surface area contributed by atoms with Crippen molar-refractivity contribution in [3.05, 3.63) is 133 Å². The number of carboxylic acid groups (broad SMARTS) is 1. The van der Waals surface area contributed by atoms with Gasteiger partial charge in [-0.05, 0) is 93.5 Å². The zero-order chi connectivity index (χ0) is 48.3. The molecule has 5 atom stereocenters. The van der Waals surface area contributed by atoms with Crippen LogP contribution in [0.3, 0.4) is 0 Å². The highest BCUT2D eigenvalue weighted by Crippen LogP contribution is 2.36. The summed E-state index contributed by atoms with van der Waals surface area (Å²) in [5, 5.41) is 16.4. The summed E-state index contributed by atoms with van der Waals surface area (Å²) in [6, 6.07) is 13.3. The fourth-order valence-electron chi connectivity index (χ4n) is 7.92. The summed E-state index contributed by atoms with van der Waals surface area (Å²) in [6.45, 7) is 6.16. The molecule has 3 amide bonds. The Morgan fingerprint density at radius 1 is 0.806 bits per heavy atom. The molecule has 0 spiro atoms. The van der Waals surface area contributed by atoms with E-state index >= 15 is 0 Å². The predicted octanol–water partition coefficient (Wildman–Crippen LogP) is 8.96. The number of carbonyl (C=O) groups is 3. The lowest BCUT2D eigenvalue weighted by molar-refractivity contribution is -0.121. The molecule has 2 heterocycles. The maximum Gasteiger partial charge on any atom is 0.408 e. The minimum Gasteiger partial charge on any atom is -0.465 e. The largest absolute Gasteiger partial charge is 0.465 e. The van der Waals surface area contributed by atoms with E-state index < -0.39 is 46.7 Å². The van der Waals surface area contributed by atoms with Gasteiger partial charge in [0.1, 0.15) is 6.10 Å². The second-order valence-corrected chi connectivity index (χ2v) is 18.9. The van der Waals surface area contributed by atoms with Gasteiger partial charge >= 0.3 is 12.2 Å². The molecule has 0 saturated carbocycles. The van der Waals surface area contributed by atoms with Crippen molar-refractivity contribution in [2.45, 2.75) is 114 Å². The number of nitrogen functional groups attached to an aromatic ring is 1. The summed E-state index contributed by atoms with van der Waals surface area (Å²) in [5.74, 6) is -0.598. The van der Waals surface area contributed by atoms with Crippen molar-refractivity contribution in [3.63, 3.8) is 0 Å². The van der Waals surface area contributed by atoms with Gasteiger partial charge in [0.05, 0.1) is 36.7 Å². The minimum absolute atomic E-state index is 0.00746. The molecule has 14 nitrogen and oxygen atoms in total. The van der Waals surface area contributed by atoms with E-state index in [4.69, 9.17) is 19.9 Å². The number of benzene rings is 2. The zero-order valence-electron chi connectivity index (χ0n) is 39.5. The molecule has 366 valence electrons. The van der Waals surface area contributed by atoms with Crippen LogP contribution in [0, 0.1) is 11.8 Å². The summed E-state index contributed by atoms with van der Waals surface area (Å²) in [4.78, 5) is 41.0. The van der Waals surface area contributed by atoms with E-state index in [0.29, 0.717) is 25.1 Å². The number of anilines is 1. The summed E-state index contributed by atoms with van der Waals surface area (Å²) in [7, 11) is -4.19. The molecule has 2 aromatic rings. The second kappa shape index (κ2) is 30.0. The van der Waals surface area contributed by atoms with Crippen molar-refractivity contribution < 1.29 is 42.1 Å². The Hall–Kier alpha value is -5.48. The van der Waals surface area contributed by atoms with Gasteiger partial charge in [0, 0.05) is 37.7 Å². The van der Waals surface area contributed by atoms with Crippen LogP contribution in [0.5, 0.6) is 0 Å². The third-order valence-corrected chi connectivity index (χ3v) is 13.1. The van der Waals surface area contributed by atoms with Gasteiger partial charge in [0.2, 0.25) is 15.9 Å². The van der Waals surface area contributed by atoms with Gasteiger partial charge < -0.3 is 35.7 Å². The van der Waals surface area contributed by atoms with Crippen LogP contribution in [0.1, 0.15) is 84.1 Å². The molecule has 5 N–H and O–H groups in total. The van der Waals surface area contributed by atoms with Crippen LogP contribution in [-0.2, 0) is 35.4 Å². The molecule has 2 aliphatic rings. The number of hydrogen-bond donors (Lipinski definition) is 4. The van der Waals surface area contributed by atoms with Crippen LogP contribution >= 0.6 is 0 Å². The maximum atomic E-state index is 14.3. The molecule has 0 aliphatic carbocycles. The first-order chi connectivity index (χ1) is 32.4. The van der Waals surface area contributed by atoms with Gasteiger partial charge in [-0.1, -0.05) is 124 Å². The Balaban J connectivity index is 1.35. The molecule has 2 saturated heterocycles. The first-order valence-electron chi connectivity index (χ1n) is 23.7. The lowest BCUT2D eigenvalue weighted by Crippen LogP contribution is -2.59. The van der Waals surface area contributed by atoms with Gasteiger partial charge in [-0.15, -0.1) is 0 Å². The average molecular weight is 944 g/mol. The number of alkyl carbamates (subject to hydrolysis) is 1. The highest BCUT2D eigenvalue weighted by molar-refractivity contribution is 7.89. The molecule has 2 fully saturated rings. The lowest BCUT2D eigenvalue weighted by atomic mass is 9.93. The summed E-state index contributed by atoms with van der Waals surface area (Å²) >= 11 is 0. The number of nitrogens with zero attached hydrogens (tertiary/aromatic N) is 2. The van der Waals surface area contributed by atoms with Crippen molar-refractivity contribution in [2.75, 3.05) is 45.1 Å². The fraction of sp³-hybridized carbons (Fsp3) is 0.481. The quantitative estimate of drug-likeness (QED) is 0.0348. The van der Waals surface area contributed by atoms with Crippen molar-refractivity contribution in [1.29, 1.82) is 0 Å². The third kappa shape index (κ3) is 19.3. The second-order valence-electron chi connectivity index (χ2n) is 17.0. The predicted molar refractivity (Wildman–Crippen MR) is 265 cm³/mol. The smallest absolute Gasteiger partial charge is 0.408 e. The zero-order valence-corrected chi connectivity index (χ0v) is 40.3. The van der Waals surface area contributed by atoms with Crippen LogP contribution in [0.2, 0.25) is 0 Å². The van der Waals surface area contributed by atoms with E-state index in [9.17, 15) is 27.9 Å². The number of amides is 3. The number of hydrogen-bond acceptors (Lipinski definition) is 9. The van der Waals surface area contributed by atoms with Crippen LogP contribution < -0.4 is 16.4 Å². The molecular weight excluding hydrogens is 871 g/mol. The number of ether oxygens (including phenoxy) is 3. The van der Waals surface area contributed by atoms with Crippen LogP contribution in [0.15, 0.2) is 132 Å². The Kier molecular flexibility index (Phi) is 24.2. The molecule has 15 heteroatoms. The number of carbonyl (C=O) groups excluding carboxylic acids is 2. The molecule has 0 aromatic heterocycles. The molecular formula is C52H73N5O9S. The SMILES string of the molecule is CC/C=C\C/C=C\C/C=C\C/C=C\C/C=C\C/C=C\CCC(=O)NCCNC(=O)O[C@H](CN(CC(C)C)S(=O)(=O)c1ccc(N)cc1)[C@H](Cc1ccccc1)N(C(=O)O)C1CO[C@H]2OCC[C@@H]12. The van der Waals surface area contributed by atoms with E-state index in [0.717, 1.165) is 44.1 Å².